The highest BCUT2D eigenvalue weighted by molar-refractivity contribution is 5.30. The van der Waals surface area contributed by atoms with Gasteiger partial charge in [-0.05, 0) is 85.9 Å². The van der Waals surface area contributed by atoms with Crippen molar-refractivity contribution in [1.82, 2.24) is 0 Å². The quantitative estimate of drug-likeness (QED) is 0.514. The number of hydrogen-bond donors (Lipinski definition) is 2. The molecule has 0 amide bonds. The molecule has 3 saturated carbocycles. The summed E-state index contributed by atoms with van der Waals surface area (Å²) in [5, 5.41) is 21.8. The van der Waals surface area contributed by atoms with E-state index in [9.17, 15) is 10.2 Å². The van der Waals surface area contributed by atoms with Crippen molar-refractivity contribution in [2.24, 2.45) is 46.3 Å². The summed E-state index contributed by atoms with van der Waals surface area (Å²) in [4.78, 5) is 0. The van der Waals surface area contributed by atoms with E-state index >= 15 is 0 Å². The fourth-order valence-corrected chi connectivity index (χ4v) is 8.10. The molecule has 30 heavy (non-hydrogen) atoms. The van der Waals surface area contributed by atoms with Crippen LogP contribution in [0.4, 0.5) is 0 Å². The standard InChI is InChI=1S/C28H46O2/c1-18(2)19(3)7-8-20(4)23-9-10-24-22-12-16-28(30)17-21(29)11-15-27(28,6)25(22)13-14-26(23,24)5/h7-8,12,18-21,23-25,29-30H,9-11,13-17H2,1-6H3/b8-7+/t19-,20+,21?,23?,24?,25?,26?,27-,28?/m0/s1. The van der Waals surface area contributed by atoms with Gasteiger partial charge in [-0.25, -0.2) is 0 Å². The second kappa shape index (κ2) is 7.77. The Bertz CT molecular complexity index is 707. The van der Waals surface area contributed by atoms with Crippen LogP contribution in [0.5, 0.6) is 0 Å². The molecule has 0 saturated heterocycles. The number of fused-ring (bicyclic) bond motifs is 5. The third-order valence-corrected chi connectivity index (χ3v) is 10.7. The number of aliphatic hydroxyl groups is 2. The monoisotopic (exact) mass is 414 g/mol. The summed E-state index contributed by atoms with van der Waals surface area (Å²) in [5.41, 5.74) is 1.30. The molecule has 0 bridgehead atoms. The van der Waals surface area contributed by atoms with Gasteiger partial charge in [-0.15, -0.1) is 0 Å². The molecule has 3 fully saturated rings. The zero-order valence-corrected chi connectivity index (χ0v) is 20.3. The minimum atomic E-state index is -0.715. The maximum atomic E-state index is 11.6. The number of aliphatic hydroxyl groups excluding tert-OH is 1. The van der Waals surface area contributed by atoms with Gasteiger partial charge in [0.15, 0.2) is 0 Å². The lowest BCUT2D eigenvalue weighted by Gasteiger charge is -2.61. The molecular weight excluding hydrogens is 368 g/mol. The highest BCUT2D eigenvalue weighted by Gasteiger charge is 2.62. The van der Waals surface area contributed by atoms with Gasteiger partial charge in [0.2, 0.25) is 0 Å². The van der Waals surface area contributed by atoms with Crippen LogP contribution in [0.1, 0.15) is 92.9 Å². The molecule has 170 valence electrons. The van der Waals surface area contributed by atoms with Gasteiger partial charge < -0.3 is 10.2 Å². The van der Waals surface area contributed by atoms with Crippen LogP contribution in [-0.2, 0) is 0 Å². The molecule has 0 aliphatic heterocycles. The Labute approximate surface area is 185 Å². The summed E-state index contributed by atoms with van der Waals surface area (Å²) >= 11 is 0. The van der Waals surface area contributed by atoms with Gasteiger partial charge in [-0.1, -0.05) is 65.3 Å². The SMILES string of the molecule is CC(C)[C@@H](C)/C=C/[C@@H](C)C1CCC2C3=CCC4(O)CC(O)CC[C@@]4(C)C3CCC21C. The molecular formula is C28H46O2. The van der Waals surface area contributed by atoms with Gasteiger partial charge in [0.05, 0.1) is 11.7 Å². The Morgan fingerprint density at radius 2 is 1.70 bits per heavy atom. The highest BCUT2D eigenvalue weighted by atomic mass is 16.3. The van der Waals surface area contributed by atoms with Crippen LogP contribution >= 0.6 is 0 Å². The lowest BCUT2D eigenvalue weighted by Crippen LogP contribution is -2.59. The molecule has 0 spiro atoms. The zero-order chi connectivity index (χ0) is 21.9. The maximum absolute atomic E-state index is 11.6. The van der Waals surface area contributed by atoms with Crippen LogP contribution in [0.3, 0.4) is 0 Å². The van der Waals surface area contributed by atoms with E-state index in [1.165, 1.54) is 25.7 Å². The van der Waals surface area contributed by atoms with Crippen LogP contribution < -0.4 is 0 Å². The predicted octanol–water partition coefficient (Wildman–Crippen LogP) is 6.53. The van der Waals surface area contributed by atoms with Crippen LogP contribution in [0.15, 0.2) is 23.8 Å². The van der Waals surface area contributed by atoms with E-state index in [0.717, 1.165) is 25.2 Å². The summed E-state index contributed by atoms with van der Waals surface area (Å²) in [6.07, 6.45) is 15.4. The van der Waals surface area contributed by atoms with E-state index in [4.69, 9.17) is 0 Å². The first kappa shape index (κ1) is 22.6. The molecule has 0 aromatic rings. The van der Waals surface area contributed by atoms with Gasteiger partial charge in [-0.3, -0.25) is 0 Å². The van der Waals surface area contributed by atoms with Crippen molar-refractivity contribution in [3.63, 3.8) is 0 Å². The molecule has 2 heteroatoms. The van der Waals surface area contributed by atoms with E-state index in [0.29, 0.717) is 41.4 Å². The van der Waals surface area contributed by atoms with Gasteiger partial charge in [0.1, 0.15) is 0 Å². The summed E-state index contributed by atoms with van der Waals surface area (Å²) in [7, 11) is 0. The zero-order valence-electron chi connectivity index (χ0n) is 20.3. The number of rotatable bonds is 4. The average molecular weight is 415 g/mol. The summed E-state index contributed by atoms with van der Waals surface area (Å²) in [5.74, 6) is 3.95. The van der Waals surface area contributed by atoms with Crippen molar-refractivity contribution in [2.45, 2.75) is 105 Å². The van der Waals surface area contributed by atoms with E-state index in [2.05, 4.69) is 59.8 Å². The van der Waals surface area contributed by atoms with E-state index in [1.807, 2.05) is 0 Å². The summed E-state index contributed by atoms with van der Waals surface area (Å²) in [6, 6.07) is 0. The Hall–Kier alpha value is -0.600. The summed E-state index contributed by atoms with van der Waals surface area (Å²) in [6.45, 7) is 14.3. The van der Waals surface area contributed by atoms with E-state index in [-0.39, 0.29) is 11.5 Å². The summed E-state index contributed by atoms with van der Waals surface area (Å²) < 4.78 is 0. The van der Waals surface area contributed by atoms with Gasteiger partial charge >= 0.3 is 0 Å². The lowest BCUT2D eigenvalue weighted by molar-refractivity contribution is -0.168. The average Bonchev–Trinajstić information content (AvgIpc) is 3.04. The normalized spacial score (nSPS) is 48.1. The maximum Gasteiger partial charge on any atom is 0.0765 e. The molecule has 0 aromatic heterocycles. The largest absolute Gasteiger partial charge is 0.393 e. The van der Waals surface area contributed by atoms with Crippen molar-refractivity contribution < 1.29 is 10.2 Å². The first-order chi connectivity index (χ1) is 14.0. The van der Waals surface area contributed by atoms with Crippen LogP contribution in [0.2, 0.25) is 0 Å². The van der Waals surface area contributed by atoms with Gasteiger partial charge in [0.25, 0.3) is 0 Å². The second-order valence-electron chi connectivity index (χ2n) is 12.4. The van der Waals surface area contributed by atoms with Crippen molar-refractivity contribution in [1.29, 1.82) is 0 Å². The third kappa shape index (κ3) is 3.36. The molecule has 9 atom stereocenters. The Morgan fingerprint density at radius 1 is 0.967 bits per heavy atom. The first-order valence-electron chi connectivity index (χ1n) is 12.8. The van der Waals surface area contributed by atoms with Crippen molar-refractivity contribution >= 4 is 0 Å². The highest BCUT2D eigenvalue weighted by Crippen LogP contribution is 2.67. The molecule has 4 aliphatic rings. The smallest absolute Gasteiger partial charge is 0.0765 e. The molecule has 2 N–H and O–H groups in total. The fourth-order valence-electron chi connectivity index (χ4n) is 8.10. The molecule has 4 aliphatic carbocycles. The van der Waals surface area contributed by atoms with Crippen LogP contribution in [-0.4, -0.2) is 21.9 Å². The molecule has 4 rings (SSSR count). The lowest BCUT2D eigenvalue weighted by atomic mass is 9.46. The molecule has 6 unspecified atom stereocenters. The minimum Gasteiger partial charge on any atom is -0.393 e. The predicted molar refractivity (Wildman–Crippen MR) is 125 cm³/mol. The topological polar surface area (TPSA) is 40.5 Å². The fraction of sp³-hybridized carbons (Fsp3) is 0.857. The number of hydrogen-bond acceptors (Lipinski definition) is 2. The molecule has 0 heterocycles. The van der Waals surface area contributed by atoms with Gasteiger partial charge in [0, 0.05) is 11.8 Å². The molecule has 2 nitrogen and oxygen atoms in total. The van der Waals surface area contributed by atoms with Crippen molar-refractivity contribution in [3.05, 3.63) is 23.8 Å². The Balaban J connectivity index is 1.57. The first-order valence-corrected chi connectivity index (χ1v) is 12.8. The van der Waals surface area contributed by atoms with Crippen LogP contribution in [0, 0.1) is 46.3 Å². The van der Waals surface area contributed by atoms with Gasteiger partial charge in [-0.2, -0.15) is 0 Å². The van der Waals surface area contributed by atoms with E-state index < -0.39 is 5.60 Å². The molecule has 0 aromatic carbocycles. The minimum absolute atomic E-state index is 0.0616. The Kier molecular flexibility index (Phi) is 5.85. The van der Waals surface area contributed by atoms with Crippen LogP contribution in [0.25, 0.3) is 0 Å². The van der Waals surface area contributed by atoms with Crippen molar-refractivity contribution in [2.75, 3.05) is 0 Å². The van der Waals surface area contributed by atoms with Crippen molar-refractivity contribution in [3.8, 4) is 0 Å². The Morgan fingerprint density at radius 3 is 2.40 bits per heavy atom. The molecule has 0 radical (unpaired) electrons. The third-order valence-electron chi connectivity index (χ3n) is 10.7. The van der Waals surface area contributed by atoms with E-state index in [1.54, 1.807) is 5.57 Å². The second-order valence-corrected chi connectivity index (χ2v) is 12.4. The number of allylic oxidation sites excluding steroid dienone is 3.